The van der Waals surface area contributed by atoms with E-state index in [4.69, 9.17) is 0 Å². The summed E-state index contributed by atoms with van der Waals surface area (Å²) in [5.74, 6) is 0.202. The molecule has 1 heterocycles. The summed E-state index contributed by atoms with van der Waals surface area (Å²) in [7, 11) is 1.87. The third kappa shape index (κ3) is 5.10. The predicted molar refractivity (Wildman–Crippen MR) is 116 cm³/mol. The highest BCUT2D eigenvalue weighted by Gasteiger charge is 2.15. The van der Waals surface area contributed by atoms with E-state index < -0.39 is 0 Å². The van der Waals surface area contributed by atoms with E-state index in [0.717, 1.165) is 22.4 Å². The summed E-state index contributed by atoms with van der Waals surface area (Å²) in [4.78, 5) is 31.7. The highest BCUT2D eigenvalue weighted by atomic mass is 16.2. The van der Waals surface area contributed by atoms with Crippen LogP contribution in [0.1, 0.15) is 22.4 Å². The van der Waals surface area contributed by atoms with E-state index >= 15 is 0 Å². The monoisotopic (exact) mass is 390 g/mol. The minimum absolute atomic E-state index is 0.103. The van der Waals surface area contributed by atoms with E-state index in [2.05, 4.69) is 10.3 Å². The minimum Gasteiger partial charge on any atom is -0.341 e. The molecule has 0 aliphatic heterocycles. The van der Waals surface area contributed by atoms with Crippen LogP contribution in [0.3, 0.4) is 0 Å². The lowest BCUT2D eigenvalue weighted by Crippen LogP contribution is -2.34. The number of hydrogen-bond acceptors (Lipinski definition) is 4. The van der Waals surface area contributed by atoms with Crippen molar-refractivity contribution in [1.29, 1.82) is 0 Å². The van der Waals surface area contributed by atoms with Gasteiger partial charge >= 0.3 is 0 Å². The Kier molecular flexibility index (Phi) is 6.12. The molecule has 0 fully saturated rings. The summed E-state index contributed by atoms with van der Waals surface area (Å²) in [5, 5.41) is 2.90. The Balaban J connectivity index is 1.84. The van der Waals surface area contributed by atoms with Gasteiger partial charge in [0.15, 0.2) is 0 Å². The summed E-state index contributed by atoms with van der Waals surface area (Å²) in [6.45, 7) is 6.21. The maximum absolute atomic E-state index is 12.7. The first kappa shape index (κ1) is 20.3. The molecule has 0 aliphatic rings. The second kappa shape index (κ2) is 8.73. The molecular formula is C23H26N4O2. The van der Waals surface area contributed by atoms with Gasteiger partial charge < -0.3 is 10.2 Å². The zero-order chi connectivity index (χ0) is 21.0. The molecule has 2 aromatic carbocycles. The standard InChI is InChI=1S/C23H26N4O2/c1-16-10-11-20(17(2)12-16)25-21(28)15-27-22(29)13-18(3)24-23(27)26(4)14-19-8-6-5-7-9-19/h5-13H,14-15H2,1-4H3,(H,25,28). The Hall–Kier alpha value is -3.41. The molecule has 0 atom stereocenters. The molecule has 6 nitrogen and oxygen atoms in total. The largest absolute Gasteiger partial charge is 0.341 e. The lowest BCUT2D eigenvalue weighted by Gasteiger charge is -2.22. The molecule has 6 heteroatoms. The van der Waals surface area contributed by atoms with Gasteiger partial charge in [-0.25, -0.2) is 4.98 Å². The second-order valence-electron chi connectivity index (χ2n) is 7.33. The molecule has 1 N–H and O–H groups in total. The van der Waals surface area contributed by atoms with Crippen LogP contribution in [-0.4, -0.2) is 22.5 Å². The number of aryl methyl sites for hydroxylation is 3. The van der Waals surface area contributed by atoms with Crippen molar-refractivity contribution >= 4 is 17.5 Å². The van der Waals surface area contributed by atoms with Crippen LogP contribution < -0.4 is 15.8 Å². The minimum atomic E-state index is -0.265. The number of carbonyl (C=O) groups is 1. The molecule has 150 valence electrons. The lowest BCUT2D eigenvalue weighted by molar-refractivity contribution is -0.116. The van der Waals surface area contributed by atoms with Gasteiger partial charge in [0, 0.05) is 31.0 Å². The van der Waals surface area contributed by atoms with Crippen molar-refractivity contribution in [3.05, 3.63) is 87.3 Å². The van der Waals surface area contributed by atoms with Crippen LogP contribution in [0.2, 0.25) is 0 Å². The number of nitrogens with one attached hydrogen (secondary N) is 1. The molecule has 1 amide bonds. The van der Waals surface area contributed by atoms with Gasteiger partial charge in [0.05, 0.1) is 0 Å². The molecule has 0 radical (unpaired) electrons. The van der Waals surface area contributed by atoms with Crippen LogP contribution >= 0.6 is 0 Å². The average molecular weight is 390 g/mol. The number of nitrogens with zero attached hydrogens (tertiary/aromatic N) is 3. The zero-order valence-corrected chi connectivity index (χ0v) is 17.3. The van der Waals surface area contributed by atoms with Crippen molar-refractivity contribution in [3.63, 3.8) is 0 Å². The van der Waals surface area contributed by atoms with Crippen molar-refractivity contribution in [1.82, 2.24) is 9.55 Å². The molecule has 0 saturated heterocycles. The number of carbonyl (C=O) groups excluding carboxylic acids is 1. The smallest absolute Gasteiger partial charge is 0.255 e. The molecule has 1 aromatic heterocycles. The number of rotatable bonds is 6. The Morgan fingerprint density at radius 1 is 1.07 bits per heavy atom. The molecule has 29 heavy (non-hydrogen) atoms. The highest BCUT2D eigenvalue weighted by Crippen LogP contribution is 2.17. The van der Waals surface area contributed by atoms with Crippen molar-refractivity contribution < 1.29 is 4.79 Å². The maximum Gasteiger partial charge on any atom is 0.255 e. The summed E-state index contributed by atoms with van der Waals surface area (Å²) in [5.41, 5.74) is 4.32. The molecular weight excluding hydrogens is 364 g/mol. The van der Waals surface area contributed by atoms with Crippen molar-refractivity contribution in [2.45, 2.75) is 33.9 Å². The number of amides is 1. The van der Waals surface area contributed by atoms with Crippen LogP contribution in [0.5, 0.6) is 0 Å². The van der Waals surface area contributed by atoms with Crippen LogP contribution in [-0.2, 0) is 17.9 Å². The lowest BCUT2D eigenvalue weighted by atomic mass is 10.1. The summed E-state index contributed by atoms with van der Waals surface area (Å²) >= 11 is 0. The Labute approximate surface area is 170 Å². The molecule has 0 bridgehead atoms. The quantitative estimate of drug-likeness (QED) is 0.700. The fraction of sp³-hybridized carbons (Fsp3) is 0.261. The normalized spacial score (nSPS) is 10.6. The average Bonchev–Trinajstić information content (AvgIpc) is 2.66. The zero-order valence-electron chi connectivity index (χ0n) is 17.3. The topological polar surface area (TPSA) is 67.2 Å². The van der Waals surface area contributed by atoms with Gasteiger partial charge in [0.2, 0.25) is 11.9 Å². The van der Waals surface area contributed by atoms with Gasteiger partial charge in [-0.2, -0.15) is 0 Å². The van der Waals surface area contributed by atoms with E-state index in [1.165, 1.54) is 10.6 Å². The number of benzene rings is 2. The molecule has 3 rings (SSSR count). The predicted octanol–water partition coefficient (Wildman–Crippen LogP) is 3.44. The first-order valence-electron chi connectivity index (χ1n) is 9.54. The molecule has 0 spiro atoms. The van der Waals surface area contributed by atoms with E-state index in [1.54, 1.807) is 6.92 Å². The molecule has 0 unspecified atom stereocenters. The van der Waals surface area contributed by atoms with Crippen LogP contribution in [0.15, 0.2) is 59.4 Å². The third-order valence-electron chi connectivity index (χ3n) is 4.68. The fourth-order valence-corrected chi connectivity index (χ4v) is 3.26. The molecule has 3 aromatic rings. The summed E-state index contributed by atoms with van der Waals surface area (Å²) in [6, 6.07) is 17.2. The number of hydrogen-bond donors (Lipinski definition) is 1. The number of aromatic nitrogens is 2. The van der Waals surface area contributed by atoms with Crippen molar-refractivity contribution in [3.8, 4) is 0 Å². The summed E-state index contributed by atoms with van der Waals surface area (Å²) < 4.78 is 1.41. The Morgan fingerprint density at radius 2 is 1.79 bits per heavy atom. The van der Waals surface area contributed by atoms with E-state index in [-0.39, 0.29) is 18.0 Å². The number of anilines is 2. The van der Waals surface area contributed by atoms with E-state index in [1.807, 2.05) is 74.3 Å². The van der Waals surface area contributed by atoms with Crippen LogP contribution in [0.4, 0.5) is 11.6 Å². The van der Waals surface area contributed by atoms with E-state index in [9.17, 15) is 9.59 Å². The van der Waals surface area contributed by atoms with Gasteiger partial charge in [0.25, 0.3) is 5.56 Å². The SMILES string of the molecule is Cc1ccc(NC(=O)Cn2c(N(C)Cc3ccccc3)nc(C)cc2=O)c(C)c1. The Bertz CT molecular complexity index is 1070. The van der Waals surface area contributed by atoms with Gasteiger partial charge in [-0.1, -0.05) is 48.0 Å². The maximum atomic E-state index is 12.7. The first-order valence-corrected chi connectivity index (χ1v) is 9.54. The highest BCUT2D eigenvalue weighted by molar-refractivity contribution is 5.91. The van der Waals surface area contributed by atoms with E-state index in [0.29, 0.717) is 18.2 Å². The Morgan fingerprint density at radius 3 is 2.48 bits per heavy atom. The van der Waals surface area contributed by atoms with Crippen molar-refractivity contribution in [2.75, 3.05) is 17.3 Å². The fourth-order valence-electron chi connectivity index (χ4n) is 3.26. The third-order valence-corrected chi connectivity index (χ3v) is 4.68. The van der Waals surface area contributed by atoms with Gasteiger partial charge in [-0.15, -0.1) is 0 Å². The van der Waals surface area contributed by atoms with Gasteiger partial charge in [0.1, 0.15) is 6.54 Å². The summed E-state index contributed by atoms with van der Waals surface area (Å²) in [6.07, 6.45) is 0. The molecule has 0 aliphatic carbocycles. The van der Waals surface area contributed by atoms with Gasteiger partial charge in [-0.05, 0) is 38.0 Å². The second-order valence-corrected chi connectivity index (χ2v) is 7.33. The van der Waals surface area contributed by atoms with Crippen LogP contribution in [0, 0.1) is 20.8 Å². The molecule has 0 saturated carbocycles. The van der Waals surface area contributed by atoms with Crippen LogP contribution in [0.25, 0.3) is 0 Å². The first-order chi connectivity index (χ1) is 13.8. The van der Waals surface area contributed by atoms with Gasteiger partial charge in [-0.3, -0.25) is 14.2 Å². The van der Waals surface area contributed by atoms with Crippen molar-refractivity contribution in [2.24, 2.45) is 0 Å².